The zero-order valence-electron chi connectivity index (χ0n) is 22.4. The number of unbranched alkanes of at least 4 members (excludes halogenated alkanes) is 15. The fourth-order valence-electron chi connectivity index (χ4n) is 5.52. The molecule has 0 radical (unpaired) electrons. The van der Waals surface area contributed by atoms with Gasteiger partial charge in [-0.2, -0.15) is 0 Å². The minimum absolute atomic E-state index is 0.824. The van der Waals surface area contributed by atoms with Crippen molar-refractivity contribution < 1.29 is 0 Å². The Labute approximate surface area is 198 Å². The lowest BCUT2D eigenvalue weighted by Crippen LogP contribution is -2.27. The van der Waals surface area contributed by atoms with Crippen LogP contribution in [0.1, 0.15) is 162 Å². The molecule has 0 amide bonds. The first-order valence-corrected chi connectivity index (χ1v) is 14.8. The highest BCUT2D eigenvalue weighted by molar-refractivity contribution is 4.85. The van der Waals surface area contributed by atoms with Crippen molar-refractivity contribution in [2.75, 3.05) is 14.1 Å². The van der Waals surface area contributed by atoms with Gasteiger partial charge in [-0.05, 0) is 45.2 Å². The van der Waals surface area contributed by atoms with Gasteiger partial charge in [-0.25, -0.2) is 0 Å². The SMILES string of the molecule is CCCCCCCCCC(CCCCCCCC[C@@H]1C[C@@H]1CCCCCCC)N(C)C. The summed E-state index contributed by atoms with van der Waals surface area (Å²) in [5.74, 6) is 2.25. The average molecular weight is 436 g/mol. The van der Waals surface area contributed by atoms with Crippen LogP contribution in [-0.2, 0) is 0 Å². The Balaban J connectivity index is 1.86. The molecule has 0 aromatic rings. The molecule has 1 aliphatic rings. The van der Waals surface area contributed by atoms with Crippen molar-refractivity contribution in [1.29, 1.82) is 0 Å². The lowest BCUT2D eigenvalue weighted by atomic mass is 9.99. The van der Waals surface area contributed by atoms with E-state index in [-0.39, 0.29) is 0 Å². The Kier molecular flexibility index (Phi) is 19.2. The third-order valence-electron chi connectivity index (χ3n) is 7.98. The molecule has 1 saturated carbocycles. The minimum atomic E-state index is 0.824. The summed E-state index contributed by atoms with van der Waals surface area (Å²) in [4.78, 5) is 2.49. The van der Waals surface area contributed by atoms with Crippen molar-refractivity contribution in [2.24, 2.45) is 11.8 Å². The molecule has 0 spiro atoms. The molecule has 1 heteroatoms. The minimum Gasteiger partial charge on any atom is -0.306 e. The number of rotatable bonds is 24. The highest BCUT2D eigenvalue weighted by atomic mass is 15.1. The van der Waals surface area contributed by atoms with Crippen LogP contribution in [0.25, 0.3) is 0 Å². The van der Waals surface area contributed by atoms with E-state index >= 15 is 0 Å². The van der Waals surface area contributed by atoms with Crippen molar-refractivity contribution in [1.82, 2.24) is 4.90 Å². The van der Waals surface area contributed by atoms with E-state index in [1.165, 1.54) is 128 Å². The molecule has 0 aliphatic heterocycles. The smallest absolute Gasteiger partial charge is 0.00891 e. The summed E-state index contributed by atoms with van der Waals surface area (Å²) in [6.45, 7) is 4.62. The first-order chi connectivity index (χ1) is 15.2. The normalized spacial score (nSPS) is 19.3. The Morgan fingerprint density at radius 2 is 0.871 bits per heavy atom. The van der Waals surface area contributed by atoms with Crippen molar-refractivity contribution in [2.45, 2.75) is 168 Å². The summed E-state index contributed by atoms with van der Waals surface area (Å²) in [6, 6.07) is 0.824. The monoisotopic (exact) mass is 435 g/mol. The molecule has 31 heavy (non-hydrogen) atoms. The van der Waals surface area contributed by atoms with Gasteiger partial charge in [0.15, 0.2) is 0 Å². The summed E-state index contributed by atoms with van der Waals surface area (Å²) in [7, 11) is 4.59. The number of hydrogen-bond acceptors (Lipinski definition) is 1. The van der Waals surface area contributed by atoms with Crippen LogP contribution in [0.5, 0.6) is 0 Å². The fourth-order valence-corrected chi connectivity index (χ4v) is 5.52. The summed E-state index contributed by atoms with van der Waals surface area (Å²) in [5.41, 5.74) is 0. The van der Waals surface area contributed by atoms with Gasteiger partial charge in [0.05, 0.1) is 0 Å². The third kappa shape index (κ3) is 17.1. The summed E-state index contributed by atoms with van der Waals surface area (Å²) in [5, 5.41) is 0. The topological polar surface area (TPSA) is 3.24 Å². The van der Waals surface area contributed by atoms with Crippen molar-refractivity contribution in [3.8, 4) is 0 Å². The zero-order valence-corrected chi connectivity index (χ0v) is 22.4. The molecule has 0 N–H and O–H groups in total. The van der Waals surface area contributed by atoms with Gasteiger partial charge in [-0.15, -0.1) is 0 Å². The molecule has 0 heterocycles. The van der Waals surface area contributed by atoms with Crippen LogP contribution in [-0.4, -0.2) is 25.0 Å². The van der Waals surface area contributed by atoms with Gasteiger partial charge in [-0.1, -0.05) is 142 Å². The molecule has 0 saturated heterocycles. The first-order valence-electron chi connectivity index (χ1n) is 14.8. The number of hydrogen-bond donors (Lipinski definition) is 0. The quantitative estimate of drug-likeness (QED) is 0.136. The van der Waals surface area contributed by atoms with Crippen LogP contribution in [0.3, 0.4) is 0 Å². The maximum absolute atomic E-state index is 2.49. The van der Waals surface area contributed by atoms with Crippen LogP contribution in [0, 0.1) is 11.8 Å². The zero-order chi connectivity index (χ0) is 22.6. The van der Waals surface area contributed by atoms with Crippen LogP contribution in [0.4, 0.5) is 0 Å². The lowest BCUT2D eigenvalue weighted by molar-refractivity contribution is 0.251. The highest BCUT2D eigenvalue weighted by Crippen LogP contribution is 2.45. The predicted octanol–water partition coefficient (Wildman–Crippen LogP) is 10.2. The van der Waals surface area contributed by atoms with E-state index in [0.29, 0.717) is 0 Å². The van der Waals surface area contributed by atoms with Crippen LogP contribution in [0.15, 0.2) is 0 Å². The summed E-state index contributed by atoms with van der Waals surface area (Å²) in [6.07, 6.45) is 33.7. The van der Waals surface area contributed by atoms with Gasteiger partial charge >= 0.3 is 0 Å². The van der Waals surface area contributed by atoms with Crippen molar-refractivity contribution >= 4 is 0 Å². The van der Waals surface area contributed by atoms with Gasteiger partial charge in [0.25, 0.3) is 0 Å². The molecule has 1 aliphatic carbocycles. The first kappa shape index (κ1) is 29.0. The van der Waals surface area contributed by atoms with E-state index in [0.717, 1.165) is 17.9 Å². The molecule has 0 aromatic heterocycles. The standard InChI is InChI=1S/C30H61N/c1-5-7-9-11-12-17-21-25-30(31(3)4)26-22-18-14-13-16-20-24-29-27-28(29)23-19-15-10-8-6-2/h28-30H,5-27H2,1-4H3/t28-,29+,30?/m0/s1. The molecular formula is C30H61N. The van der Waals surface area contributed by atoms with E-state index in [2.05, 4.69) is 32.8 Å². The van der Waals surface area contributed by atoms with Gasteiger partial charge in [0.2, 0.25) is 0 Å². The maximum atomic E-state index is 2.49. The second-order valence-electron chi connectivity index (χ2n) is 11.2. The highest BCUT2D eigenvalue weighted by Gasteiger charge is 2.34. The summed E-state index contributed by atoms with van der Waals surface area (Å²) >= 11 is 0. The molecule has 1 unspecified atom stereocenters. The molecule has 186 valence electrons. The molecule has 3 atom stereocenters. The van der Waals surface area contributed by atoms with E-state index in [1.54, 1.807) is 19.3 Å². The van der Waals surface area contributed by atoms with Gasteiger partial charge in [0, 0.05) is 6.04 Å². The van der Waals surface area contributed by atoms with E-state index < -0.39 is 0 Å². The lowest BCUT2D eigenvalue weighted by Gasteiger charge is -2.24. The Hall–Kier alpha value is -0.0400. The molecule has 0 bridgehead atoms. The second kappa shape index (κ2) is 20.6. The second-order valence-corrected chi connectivity index (χ2v) is 11.2. The Morgan fingerprint density at radius 1 is 0.516 bits per heavy atom. The van der Waals surface area contributed by atoms with Gasteiger partial charge < -0.3 is 4.90 Å². The van der Waals surface area contributed by atoms with Crippen LogP contribution >= 0.6 is 0 Å². The molecular weight excluding hydrogens is 374 g/mol. The van der Waals surface area contributed by atoms with Gasteiger partial charge in [0.1, 0.15) is 0 Å². The molecule has 1 nitrogen and oxygen atoms in total. The maximum Gasteiger partial charge on any atom is 0.00891 e. The number of nitrogens with zero attached hydrogens (tertiary/aromatic N) is 1. The molecule has 1 fully saturated rings. The molecule has 1 rings (SSSR count). The van der Waals surface area contributed by atoms with Gasteiger partial charge in [-0.3, -0.25) is 0 Å². The Bertz CT molecular complexity index is 363. The van der Waals surface area contributed by atoms with Crippen molar-refractivity contribution in [3.05, 3.63) is 0 Å². The van der Waals surface area contributed by atoms with E-state index in [1.807, 2.05) is 0 Å². The average Bonchev–Trinajstić information content (AvgIpc) is 3.51. The predicted molar refractivity (Wildman–Crippen MR) is 142 cm³/mol. The third-order valence-corrected chi connectivity index (χ3v) is 7.98. The summed E-state index contributed by atoms with van der Waals surface area (Å²) < 4.78 is 0. The fraction of sp³-hybridized carbons (Fsp3) is 1.00. The van der Waals surface area contributed by atoms with E-state index in [4.69, 9.17) is 0 Å². The van der Waals surface area contributed by atoms with Crippen LogP contribution < -0.4 is 0 Å². The largest absolute Gasteiger partial charge is 0.306 e. The molecule has 0 aromatic carbocycles. The van der Waals surface area contributed by atoms with E-state index in [9.17, 15) is 0 Å². The Morgan fingerprint density at radius 3 is 1.26 bits per heavy atom. The van der Waals surface area contributed by atoms with Crippen LogP contribution in [0.2, 0.25) is 0 Å². The van der Waals surface area contributed by atoms with Crippen molar-refractivity contribution in [3.63, 3.8) is 0 Å².